The zero-order chi connectivity index (χ0) is 10.8. The van der Waals surface area contributed by atoms with Crippen LogP contribution < -0.4 is 5.32 Å². The van der Waals surface area contributed by atoms with Crippen LogP contribution in [0.25, 0.3) is 10.2 Å². The van der Waals surface area contributed by atoms with Crippen molar-refractivity contribution in [1.82, 2.24) is 4.98 Å². The number of aryl methyl sites for hydroxylation is 1. The molecule has 15 heavy (non-hydrogen) atoms. The quantitative estimate of drug-likeness (QED) is 0.743. The van der Waals surface area contributed by atoms with E-state index >= 15 is 0 Å². The topological polar surface area (TPSA) is 65.8 Å². The summed E-state index contributed by atoms with van der Waals surface area (Å²) in [5.74, 6) is -0.665. The van der Waals surface area contributed by atoms with E-state index in [1.165, 1.54) is 6.07 Å². The lowest BCUT2D eigenvalue weighted by atomic mass is 10.3. The number of carbonyl (C=O) groups excluding carboxylic acids is 1. The van der Waals surface area contributed by atoms with Gasteiger partial charge in [-0.3, -0.25) is 4.79 Å². The number of carbonyl (C=O) groups is 1. The summed E-state index contributed by atoms with van der Waals surface area (Å²) in [6.07, 6.45) is 0. The van der Waals surface area contributed by atoms with Gasteiger partial charge in [0.05, 0.1) is 15.2 Å². The molecule has 0 aliphatic heterocycles. The van der Waals surface area contributed by atoms with Crippen LogP contribution in [-0.4, -0.2) is 10.9 Å². The number of amides is 1. The predicted molar refractivity (Wildman–Crippen MR) is 58.6 cm³/mol. The number of fused-ring (bicyclic) bond motifs is 1. The fourth-order valence-corrected chi connectivity index (χ4v) is 2.09. The number of hydrogen-bond donors (Lipinski definition) is 1. The number of rotatable bonds is 1. The van der Waals surface area contributed by atoms with Gasteiger partial charge in [-0.2, -0.15) is 5.26 Å². The van der Waals surface area contributed by atoms with Gasteiger partial charge in [-0.15, -0.1) is 11.3 Å². The van der Waals surface area contributed by atoms with Crippen LogP contribution in [0.1, 0.15) is 5.01 Å². The second-order valence-electron chi connectivity index (χ2n) is 2.98. The molecule has 0 unspecified atom stereocenters. The Bertz CT molecular complexity index is 568. The normalized spacial score (nSPS) is 9.87. The van der Waals surface area contributed by atoms with Gasteiger partial charge in [0.2, 0.25) is 0 Å². The number of nitrogens with zero attached hydrogens (tertiary/aromatic N) is 2. The molecule has 0 saturated carbocycles. The van der Waals surface area contributed by atoms with Crippen molar-refractivity contribution in [2.24, 2.45) is 0 Å². The highest BCUT2D eigenvalue weighted by molar-refractivity contribution is 7.18. The summed E-state index contributed by atoms with van der Waals surface area (Å²) < 4.78 is 1.07. The van der Waals surface area contributed by atoms with E-state index in [-0.39, 0.29) is 0 Å². The van der Waals surface area contributed by atoms with Crippen molar-refractivity contribution < 1.29 is 4.79 Å². The van der Waals surface area contributed by atoms with Gasteiger partial charge in [0.15, 0.2) is 6.07 Å². The average molecular weight is 217 g/mol. The van der Waals surface area contributed by atoms with Gasteiger partial charge in [0.1, 0.15) is 0 Å². The molecule has 0 radical (unpaired) electrons. The number of nitriles is 1. The van der Waals surface area contributed by atoms with Crippen molar-refractivity contribution in [3.05, 3.63) is 23.2 Å². The van der Waals surface area contributed by atoms with Crippen LogP contribution in [-0.2, 0) is 4.79 Å². The predicted octanol–water partition coefficient (Wildman–Crippen LogP) is 2.07. The molecule has 0 bridgehead atoms. The Balaban J connectivity index is 2.39. The lowest BCUT2D eigenvalue weighted by Gasteiger charge is -1.98. The maximum Gasteiger partial charge on any atom is 0.326 e. The van der Waals surface area contributed by atoms with E-state index in [0.717, 1.165) is 15.2 Å². The zero-order valence-corrected chi connectivity index (χ0v) is 8.76. The molecule has 1 aromatic carbocycles. The van der Waals surface area contributed by atoms with Crippen LogP contribution >= 0.6 is 11.3 Å². The van der Waals surface area contributed by atoms with Crippen molar-refractivity contribution in [2.45, 2.75) is 6.92 Å². The van der Waals surface area contributed by atoms with E-state index in [9.17, 15) is 4.79 Å². The monoisotopic (exact) mass is 217 g/mol. The Morgan fingerprint density at radius 2 is 2.40 bits per heavy atom. The minimum Gasteiger partial charge on any atom is -0.313 e. The Kier molecular flexibility index (Phi) is 2.35. The summed E-state index contributed by atoms with van der Waals surface area (Å²) in [7, 11) is 0. The highest BCUT2D eigenvalue weighted by Crippen LogP contribution is 2.24. The second-order valence-corrected chi connectivity index (χ2v) is 4.22. The summed E-state index contributed by atoms with van der Waals surface area (Å²) in [5, 5.41) is 11.8. The first-order valence-corrected chi connectivity index (χ1v) is 5.09. The molecule has 2 aromatic rings. The number of anilines is 1. The van der Waals surface area contributed by atoms with Crippen LogP contribution in [0, 0.1) is 18.3 Å². The molecular formula is C10H7N3OS. The molecule has 0 saturated heterocycles. The largest absolute Gasteiger partial charge is 0.326 e. The fraction of sp³-hybridized carbons (Fsp3) is 0.100. The molecule has 5 heteroatoms. The summed E-state index contributed by atoms with van der Waals surface area (Å²) >= 11 is 1.60. The van der Waals surface area contributed by atoms with Gasteiger partial charge in [-0.05, 0) is 25.1 Å². The van der Waals surface area contributed by atoms with Crippen LogP contribution in [0.15, 0.2) is 18.2 Å². The molecule has 74 valence electrons. The van der Waals surface area contributed by atoms with Gasteiger partial charge >= 0.3 is 5.91 Å². The SMILES string of the molecule is Cc1nc2cc(NC(=O)C#N)ccc2s1. The van der Waals surface area contributed by atoms with E-state index in [4.69, 9.17) is 5.26 Å². The first kappa shape index (κ1) is 9.62. The highest BCUT2D eigenvalue weighted by atomic mass is 32.1. The number of aromatic nitrogens is 1. The van der Waals surface area contributed by atoms with Gasteiger partial charge in [0, 0.05) is 5.69 Å². The third kappa shape index (κ3) is 1.95. The summed E-state index contributed by atoms with van der Waals surface area (Å²) in [4.78, 5) is 15.1. The van der Waals surface area contributed by atoms with Gasteiger partial charge in [0.25, 0.3) is 0 Å². The van der Waals surface area contributed by atoms with Crippen LogP contribution in [0.2, 0.25) is 0 Å². The molecule has 4 nitrogen and oxygen atoms in total. The first-order valence-electron chi connectivity index (χ1n) is 4.27. The standard InChI is InChI=1S/C10H7N3OS/c1-6-12-8-4-7(13-10(14)5-11)2-3-9(8)15-6/h2-4H,1H3,(H,13,14). The minimum absolute atomic E-state index is 0.597. The molecule has 2 rings (SSSR count). The Morgan fingerprint density at radius 1 is 1.60 bits per heavy atom. The third-order valence-electron chi connectivity index (χ3n) is 1.85. The maximum atomic E-state index is 10.8. The summed E-state index contributed by atoms with van der Waals surface area (Å²) in [6.45, 7) is 1.93. The highest BCUT2D eigenvalue weighted by Gasteiger charge is 2.03. The lowest BCUT2D eigenvalue weighted by Crippen LogP contribution is -2.07. The smallest absolute Gasteiger partial charge is 0.313 e. The maximum absolute atomic E-state index is 10.8. The molecule has 1 amide bonds. The molecule has 0 atom stereocenters. The molecular weight excluding hydrogens is 210 g/mol. The van der Waals surface area contributed by atoms with Gasteiger partial charge in [-0.1, -0.05) is 0 Å². The van der Waals surface area contributed by atoms with E-state index < -0.39 is 5.91 Å². The molecule has 1 N–H and O–H groups in total. The molecule has 0 aliphatic carbocycles. The van der Waals surface area contributed by atoms with Crippen LogP contribution in [0.5, 0.6) is 0 Å². The molecule has 0 spiro atoms. The Labute approximate surface area is 90.2 Å². The van der Waals surface area contributed by atoms with E-state index in [2.05, 4.69) is 10.3 Å². The third-order valence-corrected chi connectivity index (χ3v) is 2.81. The first-order chi connectivity index (χ1) is 7.19. The van der Waals surface area contributed by atoms with Crippen molar-refractivity contribution in [2.75, 3.05) is 5.32 Å². The molecule has 0 fully saturated rings. The number of nitrogens with one attached hydrogen (secondary N) is 1. The van der Waals surface area contributed by atoms with Gasteiger partial charge < -0.3 is 5.32 Å². The van der Waals surface area contributed by atoms with Crippen LogP contribution in [0.3, 0.4) is 0 Å². The van der Waals surface area contributed by atoms with Crippen molar-refractivity contribution in [1.29, 1.82) is 5.26 Å². The van der Waals surface area contributed by atoms with Crippen molar-refractivity contribution >= 4 is 33.1 Å². The Morgan fingerprint density at radius 3 is 3.13 bits per heavy atom. The molecule has 1 heterocycles. The zero-order valence-electron chi connectivity index (χ0n) is 7.94. The number of hydrogen-bond acceptors (Lipinski definition) is 4. The van der Waals surface area contributed by atoms with Crippen molar-refractivity contribution in [3.63, 3.8) is 0 Å². The Hall–Kier alpha value is -1.93. The second kappa shape index (κ2) is 3.67. The average Bonchev–Trinajstić information content (AvgIpc) is 2.57. The fourth-order valence-electron chi connectivity index (χ4n) is 1.28. The molecule has 0 aliphatic rings. The van der Waals surface area contributed by atoms with E-state index in [0.29, 0.717) is 5.69 Å². The number of benzene rings is 1. The van der Waals surface area contributed by atoms with E-state index in [1.54, 1.807) is 23.5 Å². The van der Waals surface area contributed by atoms with E-state index in [1.807, 2.05) is 13.0 Å². The van der Waals surface area contributed by atoms with Crippen molar-refractivity contribution in [3.8, 4) is 6.07 Å². The summed E-state index contributed by atoms with van der Waals surface area (Å²) in [5.41, 5.74) is 1.44. The summed E-state index contributed by atoms with van der Waals surface area (Å²) in [6, 6.07) is 6.90. The number of thiazole rings is 1. The lowest BCUT2D eigenvalue weighted by molar-refractivity contribution is -0.111. The minimum atomic E-state index is -0.665. The van der Waals surface area contributed by atoms with Gasteiger partial charge in [-0.25, -0.2) is 4.98 Å². The molecule has 1 aromatic heterocycles. The van der Waals surface area contributed by atoms with Crippen LogP contribution in [0.4, 0.5) is 5.69 Å².